The van der Waals surface area contributed by atoms with Gasteiger partial charge in [0.15, 0.2) is 5.13 Å². The molecular weight excluding hydrogens is 278 g/mol. The Morgan fingerprint density at radius 1 is 1.53 bits per heavy atom. The average Bonchev–Trinajstić information content (AvgIpc) is 2.94. The Morgan fingerprint density at radius 3 is 3.11 bits per heavy atom. The third kappa shape index (κ3) is 2.56. The van der Waals surface area contributed by atoms with Crippen LogP contribution in [-0.2, 0) is 12.8 Å². The fourth-order valence-corrected chi connectivity index (χ4v) is 4.14. The predicted molar refractivity (Wildman–Crippen MR) is 79.1 cm³/mol. The van der Waals surface area contributed by atoms with E-state index in [0.29, 0.717) is 5.13 Å². The predicted octanol–water partition coefficient (Wildman–Crippen LogP) is 2.58. The van der Waals surface area contributed by atoms with Gasteiger partial charge < -0.3 is 5.73 Å². The molecule has 0 aromatic carbocycles. The number of thiazole rings is 1. The summed E-state index contributed by atoms with van der Waals surface area (Å²) in [4.78, 5) is 17.8. The highest BCUT2D eigenvalue weighted by Gasteiger charge is 2.21. The van der Waals surface area contributed by atoms with Gasteiger partial charge in [0.05, 0.1) is 11.3 Å². The summed E-state index contributed by atoms with van der Waals surface area (Å²) >= 11 is 3.09. The van der Waals surface area contributed by atoms with Gasteiger partial charge in [-0.1, -0.05) is 0 Å². The lowest BCUT2D eigenvalue weighted by Gasteiger charge is -2.15. The van der Waals surface area contributed by atoms with Crippen molar-refractivity contribution in [2.24, 2.45) is 5.73 Å². The molecule has 0 saturated heterocycles. The van der Waals surface area contributed by atoms with Gasteiger partial charge in [-0.3, -0.25) is 10.1 Å². The molecule has 0 saturated carbocycles. The van der Waals surface area contributed by atoms with Gasteiger partial charge in [0.1, 0.15) is 0 Å². The number of thiophene rings is 1. The van der Waals surface area contributed by atoms with Crippen LogP contribution < -0.4 is 11.1 Å². The van der Waals surface area contributed by atoms with Crippen molar-refractivity contribution in [2.75, 3.05) is 5.32 Å². The Morgan fingerprint density at radius 2 is 2.37 bits per heavy atom. The van der Waals surface area contributed by atoms with Crippen LogP contribution in [0.1, 0.15) is 32.9 Å². The lowest BCUT2D eigenvalue weighted by atomic mass is 9.99. The summed E-state index contributed by atoms with van der Waals surface area (Å²) < 4.78 is 0. The van der Waals surface area contributed by atoms with Crippen molar-refractivity contribution in [1.82, 2.24) is 4.98 Å². The van der Waals surface area contributed by atoms with Crippen molar-refractivity contribution >= 4 is 33.7 Å². The van der Waals surface area contributed by atoms with E-state index in [1.165, 1.54) is 16.2 Å². The van der Waals surface area contributed by atoms with E-state index in [0.717, 1.165) is 36.1 Å². The van der Waals surface area contributed by atoms with Crippen molar-refractivity contribution in [3.05, 3.63) is 32.5 Å². The highest BCUT2D eigenvalue weighted by Crippen LogP contribution is 2.29. The van der Waals surface area contributed by atoms with Gasteiger partial charge in [-0.25, -0.2) is 4.98 Å². The largest absolute Gasteiger partial charge is 0.327 e. The first-order valence-corrected chi connectivity index (χ1v) is 7.97. The second-order valence-electron chi connectivity index (χ2n) is 4.81. The van der Waals surface area contributed by atoms with Crippen LogP contribution in [-0.4, -0.2) is 16.9 Å². The molecule has 3 rings (SSSR count). The number of carbonyl (C=O) groups is 1. The van der Waals surface area contributed by atoms with Crippen LogP contribution in [0.2, 0.25) is 0 Å². The minimum Gasteiger partial charge on any atom is -0.327 e. The van der Waals surface area contributed by atoms with Gasteiger partial charge in [-0.2, -0.15) is 11.3 Å². The monoisotopic (exact) mass is 293 g/mol. The van der Waals surface area contributed by atoms with Crippen molar-refractivity contribution in [3.63, 3.8) is 0 Å². The molecule has 1 amide bonds. The standard InChI is InChI=1S/C13H15N3OS2/c1-7-5-18-6-9(7)12(17)16-13-15-10-3-2-8(14)4-11(10)19-13/h5-6,8H,2-4,14H2,1H3,(H,15,16,17)/t8-/m0/s1. The molecule has 1 atom stereocenters. The number of carbonyl (C=O) groups excluding carboxylic acids is 1. The van der Waals surface area contributed by atoms with Crippen LogP contribution >= 0.6 is 22.7 Å². The Balaban J connectivity index is 1.78. The fourth-order valence-electron chi connectivity index (χ4n) is 2.21. The number of hydrogen-bond donors (Lipinski definition) is 2. The molecule has 2 aromatic heterocycles. The van der Waals surface area contributed by atoms with Crippen LogP contribution in [0.25, 0.3) is 0 Å². The van der Waals surface area contributed by atoms with E-state index in [9.17, 15) is 4.79 Å². The number of rotatable bonds is 2. The van der Waals surface area contributed by atoms with Crippen LogP contribution in [0.15, 0.2) is 10.8 Å². The lowest BCUT2D eigenvalue weighted by Crippen LogP contribution is -2.27. The molecule has 0 aliphatic heterocycles. The molecule has 0 spiro atoms. The Hall–Kier alpha value is -1.24. The van der Waals surface area contributed by atoms with Gasteiger partial charge in [0.25, 0.3) is 5.91 Å². The highest BCUT2D eigenvalue weighted by atomic mass is 32.1. The van der Waals surface area contributed by atoms with Crippen LogP contribution in [0.3, 0.4) is 0 Å². The van der Waals surface area contributed by atoms with Gasteiger partial charge >= 0.3 is 0 Å². The number of aryl methyl sites for hydroxylation is 2. The van der Waals surface area contributed by atoms with Crippen LogP contribution in [0.4, 0.5) is 5.13 Å². The number of anilines is 1. The van der Waals surface area contributed by atoms with Crippen molar-refractivity contribution < 1.29 is 4.79 Å². The summed E-state index contributed by atoms with van der Waals surface area (Å²) in [5, 5.41) is 7.42. The molecular formula is C13H15N3OS2. The van der Waals surface area contributed by atoms with E-state index >= 15 is 0 Å². The quantitative estimate of drug-likeness (QED) is 0.894. The molecule has 0 fully saturated rings. The maximum absolute atomic E-state index is 12.1. The van der Waals surface area contributed by atoms with Crippen LogP contribution in [0.5, 0.6) is 0 Å². The Bertz CT molecular complexity index is 617. The van der Waals surface area contributed by atoms with Gasteiger partial charge in [-0.15, -0.1) is 11.3 Å². The maximum Gasteiger partial charge on any atom is 0.258 e. The third-order valence-corrected chi connectivity index (χ3v) is 5.20. The Labute approximate surface area is 119 Å². The number of amides is 1. The topological polar surface area (TPSA) is 68.0 Å². The summed E-state index contributed by atoms with van der Waals surface area (Å²) in [5.41, 5.74) is 8.79. The average molecular weight is 293 g/mol. The molecule has 4 nitrogen and oxygen atoms in total. The summed E-state index contributed by atoms with van der Waals surface area (Å²) in [6, 6.07) is 0.232. The smallest absolute Gasteiger partial charge is 0.258 e. The fraction of sp³-hybridized carbons (Fsp3) is 0.385. The summed E-state index contributed by atoms with van der Waals surface area (Å²) in [6.45, 7) is 1.94. The number of fused-ring (bicyclic) bond motifs is 1. The SMILES string of the molecule is Cc1cscc1C(=O)Nc1nc2c(s1)C[C@@H](N)CC2. The van der Waals surface area contributed by atoms with Crippen molar-refractivity contribution in [1.29, 1.82) is 0 Å². The summed E-state index contributed by atoms with van der Waals surface area (Å²) in [5.74, 6) is -0.0749. The van der Waals surface area contributed by atoms with E-state index in [4.69, 9.17) is 5.73 Å². The van der Waals surface area contributed by atoms with Crippen LogP contribution in [0, 0.1) is 6.92 Å². The minimum atomic E-state index is -0.0749. The highest BCUT2D eigenvalue weighted by molar-refractivity contribution is 7.16. The second kappa shape index (κ2) is 5.03. The zero-order valence-corrected chi connectivity index (χ0v) is 12.2. The van der Waals surface area contributed by atoms with Crippen molar-refractivity contribution in [2.45, 2.75) is 32.2 Å². The Kier molecular flexibility index (Phi) is 3.38. The zero-order chi connectivity index (χ0) is 13.4. The number of hydrogen-bond acceptors (Lipinski definition) is 5. The molecule has 3 N–H and O–H groups in total. The van der Waals surface area contributed by atoms with Crippen molar-refractivity contribution in [3.8, 4) is 0 Å². The van der Waals surface area contributed by atoms with E-state index < -0.39 is 0 Å². The molecule has 2 heterocycles. The molecule has 19 heavy (non-hydrogen) atoms. The first-order valence-electron chi connectivity index (χ1n) is 6.22. The van der Waals surface area contributed by atoms with E-state index in [-0.39, 0.29) is 11.9 Å². The van der Waals surface area contributed by atoms with E-state index in [1.54, 1.807) is 11.3 Å². The second-order valence-corrected chi connectivity index (χ2v) is 6.64. The molecule has 0 unspecified atom stereocenters. The molecule has 1 aliphatic rings. The summed E-state index contributed by atoms with van der Waals surface area (Å²) in [7, 11) is 0. The molecule has 100 valence electrons. The van der Waals surface area contributed by atoms with Gasteiger partial charge in [-0.05, 0) is 37.1 Å². The molecule has 1 aliphatic carbocycles. The summed E-state index contributed by atoms with van der Waals surface area (Å²) in [6.07, 6.45) is 2.77. The number of nitrogens with two attached hydrogens (primary N) is 1. The number of aromatic nitrogens is 1. The molecule has 2 aromatic rings. The first-order chi connectivity index (χ1) is 9.13. The lowest BCUT2D eigenvalue weighted by molar-refractivity contribution is 0.102. The molecule has 0 bridgehead atoms. The van der Waals surface area contributed by atoms with Gasteiger partial charge in [0.2, 0.25) is 0 Å². The first kappa shape index (κ1) is 12.8. The number of nitrogens with one attached hydrogen (secondary N) is 1. The van der Waals surface area contributed by atoms with E-state index in [1.807, 2.05) is 17.7 Å². The molecule has 6 heteroatoms. The normalized spacial score (nSPS) is 18.1. The maximum atomic E-state index is 12.1. The molecule has 0 radical (unpaired) electrons. The van der Waals surface area contributed by atoms with E-state index in [2.05, 4.69) is 10.3 Å². The third-order valence-electron chi connectivity index (χ3n) is 3.30. The minimum absolute atomic E-state index is 0.0749. The van der Waals surface area contributed by atoms with Gasteiger partial charge in [0, 0.05) is 16.3 Å². The zero-order valence-electron chi connectivity index (χ0n) is 10.6. The number of nitrogens with zero attached hydrogens (tertiary/aromatic N) is 1.